The molecule has 1 N–H and O–H groups in total. The average molecular weight is 275 g/mol. The smallest absolute Gasteiger partial charge is 0.287 e. The molecule has 0 saturated heterocycles. The Hall–Kier alpha value is -1.52. The summed E-state index contributed by atoms with van der Waals surface area (Å²) < 4.78 is 0. The summed E-state index contributed by atoms with van der Waals surface area (Å²) in [7, 11) is 0. The Morgan fingerprint density at radius 2 is 2.06 bits per heavy atom. The summed E-state index contributed by atoms with van der Waals surface area (Å²) in [6.07, 6.45) is 3.55. The number of carbonyl (C=O) groups is 1. The quantitative estimate of drug-likeness (QED) is 0.834. The Labute approximate surface area is 115 Å². The van der Waals surface area contributed by atoms with Crippen LogP contribution in [0.15, 0.2) is 52.2 Å². The molecule has 4 heteroatoms. The van der Waals surface area contributed by atoms with E-state index in [0.29, 0.717) is 0 Å². The van der Waals surface area contributed by atoms with Crippen molar-refractivity contribution in [3.63, 3.8) is 0 Å². The summed E-state index contributed by atoms with van der Waals surface area (Å²) in [4.78, 5) is 12.6. The molecule has 0 atom stereocenters. The van der Waals surface area contributed by atoms with Gasteiger partial charge in [0.1, 0.15) is 0 Å². The highest BCUT2D eigenvalue weighted by Gasteiger charge is 2.01. The van der Waals surface area contributed by atoms with Gasteiger partial charge in [-0.25, -0.2) is 0 Å². The maximum atomic E-state index is 11.6. The van der Waals surface area contributed by atoms with Crippen LogP contribution in [-0.2, 0) is 0 Å². The molecule has 2 nitrogen and oxygen atoms in total. The number of rotatable bonds is 3. The van der Waals surface area contributed by atoms with Crippen LogP contribution in [-0.4, -0.2) is 5.24 Å². The van der Waals surface area contributed by atoms with E-state index in [2.05, 4.69) is 5.32 Å². The SMILES string of the molecule is Cc1ccc(SC(=O)NC=Cc2ccsc2)cc1. The van der Waals surface area contributed by atoms with Gasteiger partial charge in [0.05, 0.1) is 0 Å². The van der Waals surface area contributed by atoms with Crippen molar-refractivity contribution in [2.45, 2.75) is 11.8 Å². The van der Waals surface area contributed by atoms with E-state index in [1.165, 1.54) is 17.3 Å². The molecule has 0 bridgehead atoms. The van der Waals surface area contributed by atoms with Crippen LogP contribution in [0.4, 0.5) is 4.79 Å². The van der Waals surface area contributed by atoms with Gasteiger partial charge in [0.25, 0.3) is 5.24 Å². The first kappa shape index (κ1) is 12.9. The fourth-order valence-electron chi connectivity index (χ4n) is 1.32. The number of hydrogen-bond donors (Lipinski definition) is 1. The number of benzene rings is 1. The molecule has 2 rings (SSSR count). The molecule has 0 unspecified atom stereocenters. The molecule has 2 aromatic rings. The predicted octanol–water partition coefficient (Wildman–Crippen LogP) is 4.53. The number of thioether (sulfide) groups is 1. The molecule has 0 aliphatic carbocycles. The van der Waals surface area contributed by atoms with Crippen molar-refractivity contribution in [3.8, 4) is 0 Å². The second-order valence-electron chi connectivity index (χ2n) is 3.74. The normalized spacial score (nSPS) is 10.7. The molecule has 0 radical (unpaired) electrons. The van der Waals surface area contributed by atoms with Gasteiger partial charge in [-0.3, -0.25) is 4.79 Å². The molecule has 0 aliphatic heterocycles. The zero-order valence-corrected chi connectivity index (χ0v) is 11.6. The third-order valence-corrected chi connectivity index (χ3v) is 3.76. The van der Waals surface area contributed by atoms with E-state index >= 15 is 0 Å². The Bertz CT molecular complexity index is 529. The van der Waals surface area contributed by atoms with E-state index in [9.17, 15) is 4.79 Å². The van der Waals surface area contributed by atoms with E-state index in [-0.39, 0.29) is 5.24 Å². The number of nitrogens with one attached hydrogen (secondary N) is 1. The van der Waals surface area contributed by atoms with E-state index in [0.717, 1.165) is 10.5 Å². The lowest BCUT2D eigenvalue weighted by Gasteiger charge is -2.00. The number of hydrogen-bond acceptors (Lipinski definition) is 3. The molecule has 1 aromatic heterocycles. The third-order valence-electron chi connectivity index (χ3n) is 2.25. The van der Waals surface area contributed by atoms with Gasteiger partial charge >= 0.3 is 0 Å². The van der Waals surface area contributed by atoms with Gasteiger partial charge in [-0.05, 0) is 59.3 Å². The Morgan fingerprint density at radius 1 is 1.28 bits per heavy atom. The first-order valence-electron chi connectivity index (χ1n) is 5.48. The van der Waals surface area contributed by atoms with Crippen molar-refractivity contribution in [1.29, 1.82) is 0 Å². The largest absolute Gasteiger partial charge is 0.323 e. The molecule has 1 heterocycles. The minimum absolute atomic E-state index is 0.0784. The van der Waals surface area contributed by atoms with Crippen LogP contribution in [0.3, 0.4) is 0 Å². The minimum atomic E-state index is -0.0784. The van der Waals surface area contributed by atoms with Gasteiger partial charge in [-0.15, -0.1) is 0 Å². The summed E-state index contributed by atoms with van der Waals surface area (Å²) >= 11 is 2.82. The highest BCUT2D eigenvalue weighted by atomic mass is 32.2. The number of aryl methyl sites for hydroxylation is 1. The summed E-state index contributed by atoms with van der Waals surface area (Å²) in [5, 5.41) is 6.68. The Morgan fingerprint density at radius 3 is 2.72 bits per heavy atom. The first-order valence-corrected chi connectivity index (χ1v) is 7.24. The van der Waals surface area contributed by atoms with Crippen molar-refractivity contribution >= 4 is 34.4 Å². The highest BCUT2D eigenvalue weighted by molar-refractivity contribution is 8.13. The van der Waals surface area contributed by atoms with Crippen LogP contribution >= 0.6 is 23.1 Å². The summed E-state index contributed by atoms with van der Waals surface area (Å²) in [6, 6.07) is 9.89. The highest BCUT2D eigenvalue weighted by Crippen LogP contribution is 2.18. The van der Waals surface area contributed by atoms with Crippen LogP contribution in [0, 0.1) is 6.92 Å². The Balaban J connectivity index is 1.84. The van der Waals surface area contributed by atoms with E-state index in [1.807, 2.05) is 54.1 Å². The Kier molecular flexibility index (Phi) is 4.61. The number of carbonyl (C=O) groups excluding carboxylic acids is 1. The molecule has 1 aromatic carbocycles. The van der Waals surface area contributed by atoms with Crippen molar-refractivity contribution in [3.05, 3.63) is 58.4 Å². The van der Waals surface area contributed by atoms with Crippen LogP contribution in [0.1, 0.15) is 11.1 Å². The maximum absolute atomic E-state index is 11.6. The van der Waals surface area contributed by atoms with Crippen LogP contribution in [0.2, 0.25) is 0 Å². The molecule has 0 spiro atoms. The second-order valence-corrected chi connectivity index (χ2v) is 5.56. The van der Waals surface area contributed by atoms with Gasteiger partial charge in [0, 0.05) is 11.1 Å². The third kappa shape index (κ3) is 4.05. The second kappa shape index (κ2) is 6.42. The molecule has 18 heavy (non-hydrogen) atoms. The zero-order valence-electron chi connectivity index (χ0n) is 9.92. The van der Waals surface area contributed by atoms with Crippen LogP contribution in [0.5, 0.6) is 0 Å². The lowest BCUT2D eigenvalue weighted by molar-refractivity contribution is 0.263. The predicted molar refractivity (Wildman–Crippen MR) is 78.9 cm³/mol. The summed E-state index contributed by atoms with van der Waals surface area (Å²) in [5.41, 5.74) is 2.29. The van der Waals surface area contributed by atoms with Gasteiger partial charge in [-0.1, -0.05) is 17.7 Å². The van der Waals surface area contributed by atoms with Crippen molar-refractivity contribution < 1.29 is 4.79 Å². The van der Waals surface area contributed by atoms with E-state index < -0.39 is 0 Å². The number of amides is 1. The number of thiophene rings is 1. The molecular formula is C14H13NOS2. The summed E-state index contributed by atoms with van der Waals surface area (Å²) in [6.45, 7) is 2.03. The monoisotopic (exact) mass is 275 g/mol. The molecule has 0 saturated carbocycles. The summed E-state index contributed by atoms with van der Waals surface area (Å²) in [5.74, 6) is 0. The fraction of sp³-hybridized carbons (Fsp3) is 0.0714. The molecular weight excluding hydrogens is 262 g/mol. The topological polar surface area (TPSA) is 29.1 Å². The average Bonchev–Trinajstić information content (AvgIpc) is 2.85. The van der Waals surface area contributed by atoms with Crippen LogP contribution in [0.25, 0.3) is 6.08 Å². The van der Waals surface area contributed by atoms with E-state index in [1.54, 1.807) is 17.5 Å². The molecule has 0 fully saturated rings. The standard InChI is InChI=1S/C14H13NOS2/c1-11-2-4-13(5-3-11)18-14(16)15-8-6-12-7-9-17-10-12/h2-10H,1H3,(H,15,16). The zero-order chi connectivity index (χ0) is 12.8. The lowest BCUT2D eigenvalue weighted by Crippen LogP contribution is -2.09. The molecule has 92 valence electrons. The van der Waals surface area contributed by atoms with Gasteiger partial charge in [-0.2, -0.15) is 11.3 Å². The van der Waals surface area contributed by atoms with Crippen molar-refractivity contribution in [2.75, 3.05) is 0 Å². The van der Waals surface area contributed by atoms with Gasteiger partial charge in [0.15, 0.2) is 0 Å². The van der Waals surface area contributed by atoms with Gasteiger partial charge in [0.2, 0.25) is 0 Å². The van der Waals surface area contributed by atoms with Crippen molar-refractivity contribution in [1.82, 2.24) is 5.32 Å². The van der Waals surface area contributed by atoms with E-state index in [4.69, 9.17) is 0 Å². The fourth-order valence-corrected chi connectivity index (χ4v) is 2.56. The van der Waals surface area contributed by atoms with Crippen LogP contribution < -0.4 is 5.32 Å². The molecule has 1 amide bonds. The maximum Gasteiger partial charge on any atom is 0.287 e. The van der Waals surface area contributed by atoms with Crippen molar-refractivity contribution in [2.24, 2.45) is 0 Å². The van der Waals surface area contributed by atoms with Gasteiger partial charge < -0.3 is 5.32 Å². The lowest BCUT2D eigenvalue weighted by atomic mass is 10.2. The minimum Gasteiger partial charge on any atom is -0.323 e. The first-order chi connectivity index (χ1) is 8.74. The molecule has 0 aliphatic rings.